The average Bonchev–Trinajstić information content (AvgIpc) is 2.93. The molecule has 236 valence electrons. The molecule has 0 amide bonds. The molecule has 0 bridgehead atoms. The highest BCUT2D eigenvalue weighted by atomic mass is 16.5. The van der Waals surface area contributed by atoms with E-state index >= 15 is 0 Å². The predicted molar refractivity (Wildman–Crippen MR) is 172 cm³/mol. The van der Waals surface area contributed by atoms with Gasteiger partial charge in [0.25, 0.3) is 0 Å². The number of esters is 1. The molecule has 0 aliphatic rings. The first-order chi connectivity index (χ1) is 19.6. The summed E-state index contributed by atoms with van der Waals surface area (Å²) < 4.78 is 5.92. The second-order valence-corrected chi connectivity index (χ2v) is 12.1. The zero-order chi connectivity index (χ0) is 29.4. The highest BCUT2D eigenvalue weighted by Gasteiger charge is 2.14. The lowest BCUT2D eigenvalue weighted by Gasteiger charge is -2.18. The molecule has 4 heteroatoms. The Bertz CT molecular complexity index is 571. The number of carboxylic acids is 1. The van der Waals surface area contributed by atoms with E-state index in [9.17, 15) is 9.59 Å². The molecule has 4 nitrogen and oxygen atoms in total. The molecule has 1 N–H and O–H groups in total. The van der Waals surface area contributed by atoms with Crippen molar-refractivity contribution in [3.63, 3.8) is 0 Å². The Hall–Kier alpha value is -1.32. The van der Waals surface area contributed by atoms with E-state index in [0.29, 0.717) is 6.42 Å². The van der Waals surface area contributed by atoms with Crippen LogP contribution < -0.4 is 0 Å². The van der Waals surface area contributed by atoms with E-state index in [1.165, 1.54) is 109 Å². The molecule has 40 heavy (non-hydrogen) atoms. The number of aliphatic carboxylic acids is 1. The molecular weight excluding hydrogens is 496 g/mol. The lowest BCUT2D eigenvalue weighted by atomic mass is 10.0. The monoisotopic (exact) mass is 565 g/mol. The number of carbonyl (C=O) groups excluding carboxylic acids is 1. The van der Waals surface area contributed by atoms with Crippen molar-refractivity contribution >= 4 is 11.9 Å². The van der Waals surface area contributed by atoms with Crippen molar-refractivity contribution in [2.45, 2.75) is 206 Å². The quantitative estimate of drug-likeness (QED) is 0.0501. The van der Waals surface area contributed by atoms with Crippen molar-refractivity contribution < 1.29 is 19.4 Å². The van der Waals surface area contributed by atoms with Crippen molar-refractivity contribution in [3.8, 4) is 0 Å². The zero-order valence-electron chi connectivity index (χ0n) is 26.9. The maximum absolute atomic E-state index is 12.5. The van der Waals surface area contributed by atoms with Crippen LogP contribution in [-0.4, -0.2) is 23.1 Å². The Morgan fingerprint density at radius 2 is 0.900 bits per heavy atom. The largest absolute Gasteiger partial charge is 0.481 e. The highest BCUT2D eigenvalue weighted by molar-refractivity contribution is 5.69. The molecule has 0 heterocycles. The predicted octanol–water partition coefficient (Wildman–Crippen LogP) is 11.9. The minimum absolute atomic E-state index is 0.00670. The molecule has 0 rings (SSSR count). The van der Waals surface area contributed by atoms with Crippen LogP contribution in [0.1, 0.15) is 200 Å². The van der Waals surface area contributed by atoms with Gasteiger partial charge in [0.15, 0.2) is 0 Å². The summed E-state index contributed by atoms with van der Waals surface area (Å²) in [5.41, 5.74) is 0. The minimum atomic E-state index is -0.702. The number of allylic oxidation sites excluding steroid dienone is 2. The fourth-order valence-electron chi connectivity index (χ4n) is 5.35. The summed E-state index contributed by atoms with van der Waals surface area (Å²) in [6.07, 6.45) is 38.1. The molecule has 0 aromatic heterocycles. The molecule has 0 saturated carbocycles. The number of hydrogen-bond donors (Lipinski definition) is 1. The maximum Gasteiger partial charge on any atom is 0.306 e. The van der Waals surface area contributed by atoms with Crippen LogP contribution in [0.3, 0.4) is 0 Å². The Kier molecular flexibility index (Phi) is 31.1. The van der Waals surface area contributed by atoms with Crippen molar-refractivity contribution in [3.05, 3.63) is 12.2 Å². The Morgan fingerprint density at radius 3 is 1.35 bits per heavy atom. The van der Waals surface area contributed by atoms with E-state index in [-0.39, 0.29) is 18.5 Å². The van der Waals surface area contributed by atoms with E-state index in [1.54, 1.807) is 0 Å². The van der Waals surface area contributed by atoms with Crippen LogP contribution in [0.5, 0.6) is 0 Å². The third-order valence-electron chi connectivity index (χ3n) is 7.99. The number of carboxylic acid groups (broad SMARTS) is 1. The Balaban J connectivity index is 3.81. The Morgan fingerprint density at radius 1 is 0.525 bits per heavy atom. The summed E-state index contributed by atoms with van der Waals surface area (Å²) in [5, 5.41) is 8.75. The fraction of sp³-hybridized carbons (Fsp3) is 0.889. The van der Waals surface area contributed by atoms with E-state index < -0.39 is 5.97 Å². The molecule has 0 radical (unpaired) electrons. The third-order valence-corrected chi connectivity index (χ3v) is 7.99. The van der Waals surface area contributed by atoms with Crippen LogP contribution in [0.25, 0.3) is 0 Å². The summed E-state index contributed by atoms with van der Waals surface area (Å²) in [6, 6.07) is 0. The normalized spacial score (nSPS) is 12.2. The first-order valence-electron chi connectivity index (χ1n) is 17.7. The highest BCUT2D eigenvalue weighted by Crippen LogP contribution is 2.18. The number of ether oxygens (including phenoxy) is 1. The van der Waals surface area contributed by atoms with Crippen molar-refractivity contribution in [2.75, 3.05) is 0 Å². The number of carbonyl (C=O) groups is 2. The second kappa shape index (κ2) is 32.2. The van der Waals surface area contributed by atoms with E-state index in [2.05, 4.69) is 26.0 Å². The fourth-order valence-corrected chi connectivity index (χ4v) is 5.35. The van der Waals surface area contributed by atoms with Gasteiger partial charge < -0.3 is 9.84 Å². The topological polar surface area (TPSA) is 63.6 Å². The molecule has 1 atom stereocenters. The molecule has 0 aliphatic carbocycles. The summed E-state index contributed by atoms with van der Waals surface area (Å²) >= 11 is 0. The lowest BCUT2D eigenvalue weighted by Crippen LogP contribution is -2.18. The molecular formula is C36H68O4. The standard InChI is InChI=1S/C36H68O4/c1-3-5-7-9-10-11-12-13-14-15-16-17-18-19-20-25-29-33-36(39)40-34(30-26-22-8-6-4-2)31-27-23-21-24-28-32-35(37)38/h13-14,34H,3-12,15-33H2,1-2H3,(H,37,38)/b14-13-. The summed E-state index contributed by atoms with van der Waals surface area (Å²) in [5.74, 6) is -0.708. The van der Waals surface area contributed by atoms with Gasteiger partial charge in [0.2, 0.25) is 0 Å². The number of unbranched alkanes of at least 4 members (excludes halogenated alkanes) is 21. The van der Waals surface area contributed by atoms with Gasteiger partial charge in [-0.05, 0) is 64.2 Å². The van der Waals surface area contributed by atoms with Crippen molar-refractivity contribution in [1.29, 1.82) is 0 Å². The van der Waals surface area contributed by atoms with Crippen LogP contribution >= 0.6 is 0 Å². The molecule has 0 spiro atoms. The third kappa shape index (κ3) is 31.2. The number of rotatable bonds is 32. The SMILES string of the molecule is CCCCCCCC/C=C\CCCCCCCCCC(=O)OC(CCCCCCC)CCCCCCCC(=O)O. The molecule has 0 aliphatic heterocycles. The van der Waals surface area contributed by atoms with Crippen LogP contribution in [0, 0.1) is 0 Å². The van der Waals surface area contributed by atoms with Gasteiger partial charge in [-0.2, -0.15) is 0 Å². The first-order valence-corrected chi connectivity index (χ1v) is 17.7. The molecule has 1 unspecified atom stereocenters. The van der Waals surface area contributed by atoms with Gasteiger partial charge >= 0.3 is 11.9 Å². The van der Waals surface area contributed by atoms with Gasteiger partial charge in [-0.15, -0.1) is 0 Å². The lowest BCUT2D eigenvalue weighted by molar-refractivity contribution is -0.150. The van der Waals surface area contributed by atoms with Crippen LogP contribution in [-0.2, 0) is 14.3 Å². The van der Waals surface area contributed by atoms with Gasteiger partial charge in [0, 0.05) is 12.8 Å². The van der Waals surface area contributed by atoms with Gasteiger partial charge in [-0.25, -0.2) is 0 Å². The summed E-state index contributed by atoms with van der Waals surface area (Å²) in [4.78, 5) is 23.1. The van der Waals surface area contributed by atoms with Crippen LogP contribution in [0.4, 0.5) is 0 Å². The van der Waals surface area contributed by atoms with E-state index in [4.69, 9.17) is 9.84 Å². The van der Waals surface area contributed by atoms with E-state index in [1.807, 2.05) is 0 Å². The van der Waals surface area contributed by atoms with Gasteiger partial charge in [0.1, 0.15) is 6.10 Å². The smallest absolute Gasteiger partial charge is 0.306 e. The van der Waals surface area contributed by atoms with Crippen LogP contribution in [0.15, 0.2) is 12.2 Å². The van der Waals surface area contributed by atoms with Crippen molar-refractivity contribution in [1.82, 2.24) is 0 Å². The second-order valence-electron chi connectivity index (χ2n) is 12.1. The molecule has 0 fully saturated rings. The van der Waals surface area contributed by atoms with Crippen LogP contribution in [0.2, 0.25) is 0 Å². The van der Waals surface area contributed by atoms with Crippen molar-refractivity contribution in [2.24, 2.45) is 0 Å². The first kappa shape index (κ1) is 38.7. The van der Waals surface area contributed by atoms with E-state index in [0.717, 1.165) is 64.2 Å². The molecule has 0 saturated heterocycles. The van der Waals surface area contributed by atoms with Gasteiger partial charge in [-0.3, -0.25) is 9.59 Å². The Labute approximate surface area is 249 Å². The van der Waals surface area contributed by atoms with Gasteiger partial charge in [0.05, 0.1) is 0 Å². The maximum atomic E-state index is 12.5. The minimum Gasteiger partial charge on any atom is -0.481 e. The molecule has 0 aromatic rings. The number of hydrogen-bond acceptors (Lipinski definition) is 3. The average molecular weight is 565 g/mol. The summed E-state index contributed by atoms with van der Waals surface area (Å²) in [6.45, 7) is 4.51. The molecule has 0 aromatic carbocycles. The summed E-state index contributed by atoms with van der Waals surface area (Å²) in [7, 11) is 0. The zero-order valence-corrected chi connectivity index (χ0v) is 26.9. The van der Waals surface area contributed by atoms with Gasteiger partial charge in [-0.1, -0.05) is 135 Å².